The van der Waals surface area contributed by atoms with Gasteiger partial charge in [0.05, 0.1) is 6.42 Å². The zero-order valence-corrected chi connectivity index (χ0v) is 13.1. The summed E-state index contributed by atoms with van der Waals surface area (Å²) in [7, 11) is 0. The van der Waals surface area contributed by atoms with Crippen LogP contribution in [-0.2, 0) is 9.59 Å². The van der Waals surface area contributed by atoms with E-state index >= 15 is 0 Å². The highest BCUT2D eigenvalue weighted by Crippen LogP contribution is 2.25. The predicted molar refractivity (Wildman–Crippen MR) is 78.5 cm³/mol. The van der Waals surface area contributed by atoms with Gasteiger partial charge in [0.25, 0.3) is 0 Å². The van der Waals surface area contributed by atoms with Crippen LogP contribution >= 0.6 is 0 Å². The standard InChI is InChI=1S/C15H28N2O3/c1-11(2)17-7-5-12(6-8-17)16-13(18)9-15(3,4)10-14(19)20/h11-12H,5-10H2,1-4H3,(H,16,18)(H,19,20). The number of hydrogen-bond donors (Lipinski definition) is 2. The van der Waals surface area contributed by atoms with Crippen LogP contribution in [-0.4, -0.2) is 47.1 Å². The molecule has 0 radical (unpaired) electrons. The smallest absolute Gasteiger partial charge is 0.303 e. The lowest BCUT2D eigenvalue weighted by molar-refractivity contribution is -0.139. The summed E-state index contributed by atoms with van der Waals surface area (Å²) in [5.74, 6) is -0.882. The molecule has 0 aliphatic carbocycles. The van der Waals surface area contributed by atoms with E-state index in [0.29, 0.717) is 6.04 Å². The fourth-order valence-electron chi connectivity index (χ4n) is 2.75. The molecule has 0 aromatic rings. The minimum absolute atomic E-state index is 0.0201. The second kappa shape index (κ2) is 7.07. The van der Waals surface area contributed by atoms with Crippen LogP contribution in [0, 0.1) is 5.41 Å². The van der Waals surface area contributed by atoms with Gasteiger partial charge in [0.2, 0.25) is 5.91 Å². The summed E-state index contributed by atoms with van der Waals surface area (Å²) in [6.07, 6.45) is 2.24. The van der Waals surface area contributed by atoms with Gasteiger partial charge in [-0.3, -0.25) is 9.59 Å². The van der Waals surface area contributed by atoms with Crippen LogP contribution in [0.25, 0.3) is 0 Å². The van der Waals surface area contributed by atoms with Crippen LogP contribution in [0.5, 0.6) is 0 Å². The third-order valence-electron chi connectivity index (χ3n) is 3.89. The van der Waals surface area contributed by atoms with Gasteiger partial charge in [-0.15, -0.1) is 0 Å². The molecular weight excluding hydrogens is 256 g/mol. The molecule has 0 unspecified atom stereocenters. The van der Waals surface area contributed by atoms with E-state index in [9.17, 15) is 9.59 Å². The number of amides is 1. The van der Waals surface area contributed by atoms with Crippen molar-refractivity contribution in [3.05, 3.63) is 0 Å². The number of hydrogen-bond acceptors (Lipinski definition) is 3. The average molecular weight is 284 g/mol. The van der Waals surface area contributed by atoms with Gasteiger partial charge in [-0.1, -0.05) is 13.8 Å². The fourth-order valence-corrected chi connectivity index (χ4v) is 2.75. The van der Waals surface area contributed by atoms with Crippen LogP contribution in [0.2, 0.25) is 0 Å². The first-order valence-corrected chi connectivity index (χ1v) is 7.45. The molecule has 0 saturated carbocycles. The summed E-state index contributed by atoms with van der Waals surface area (Å²) in [4.78, 5) is 25.2. The average Bonchev–Trinajstić information content (AvgIpc) is 2.26. The van der Waals surface area contributed by atoms with Gasteiger partial charge >= 0.3 is 5.97 Å². The maximum absolute atomic E-state index is 12.0. The van der Waals surface area contributed by atoms with Crippen molar-refractivity contribution in [1.82, 2.24) is 10.2 Å². The molecule has 1 rings (SSSR count). The number of likely N-dealkylation sites (tertiary alicyclic amines) is 1. The molecule has 116 valence electrons. The van der Waals surface area contributed by atoms with Crippen molar-refractivity contribution in [2.45, 2.75) is 65.5 Å². The number of carboxylic acids is 1. The van der Waals surface area contributed by atoms with E-state index in [4.69, 9.17) is 5.11 Å². The molecule has 2 N–H and O–H groups in total. The Balaban J connectivity index is 2.35. The van der Waals surface area contributed by atoms with E-state index in [1.807, 2.05) is 13.8 Å². The van der Waals surface area contributed by atoms with Gasteiger partial charge in [-0.25, -0.2) is 0 Å². The highest BCUT2D eigenvalue weighted by atomic mass is 16.4. The van der Waals surface area contributed by atoms with Gasteiger partial charge < -0.3 is 15.3 Å². The zero-order valence-electron chi connectivity index (χ0n) is 13.1. The molecular formula is C15H28N2O3. The Bertz CT molecular complexity index is 345. The number of carbonyl (C=O) groups is 2. The van der Waals surface area contributed by atoms with E-state index in [2.05, 4.69) is 24.1 Å². The SMILES string of the molecule is CC(C)N1CCC(NC(=O)CC(C)(C)CC(=O)O)CC1. The number of carboxylic acid groups (broad SMARTS) is 1. The van der Waals surface area contributed by atoms with E-state index in [-0.39, 0.29) is 24.8 Å². The van der Waals surface area contributed by atoms with Gasteiger partial charge in [0.1, 0.15) is 0 Å². The van der Waals surface area contributed by atoms with E-state index < -0.39 is 11.4 Å². The number of rotatable bonds is 6. The van der Waals surface area contributed by atoms with Crippen LogP contribution < -0.4 is 5.32 Å². The molecule has 1 saturated heterocycles. The molecule has 1 fully saturated rings. The molecule has 0 spiro atoms. The second-order valence-corrected chi connectivity index (χ2v) is 6.88. The van der Waals surface area contributed by atoms with Crippen molar-refractivity contribution >= 4 is 11.9 Å². The van der Waals surface area contributed by atoms with Crippen molar-refractivity contribution in [1.29, 1.82) is 0 Å². The van der Waals surface area contributed by atoms with E-state index in [1.165, 1.54) is 0 Å². The molecule has 1 amide bonds. The Hall–Kier alpha value is -1.10. The topological polar surface area (TPSA) is 69.6 Å². The van der Waals surface area contributed by atoms with Gasteiger partial charge in [-0.05, 0) is 32.1 Å². The lowest BCUT2D eigenvalue weighted by atomic mass is 9.85. The summed E-state index contributed by atoms with van der Waals surface area (Å²) in [6, 6.07) is 0.791. The molecule has 1 aliphatic rings. The van der Waals surface area contributed by atoms with Gasteiger partial charge in [0.15, 0.2) is 0 Å². The fraction of sp³-hybridized carbons (Fsp3) is 0.867. The number of carbonyl (C=O) groups excluding carboxylic acids is 1. The molecule has 5 heteroatoms. The minimum Gasteiger partial charge on any atom is -0.481 e. The minimum atomic E-state index is -0.854. The van der Waals surface area contributed by atoms with Crippen molar-refractivity contribution in [2.24, 2.45) is 5.41 Å². The number of nitrogens with one attached hydrogen (secondary N) is 1. The maximum atomic E-state index is 12.0. The molecule has 0 aromatic heterocycles. The van der Waals surface area contributed by atoms with Crippen molar-refractivity contribution in [2.75, 3.05) is 13.1 Å². The maximum Gasteiger partial charge on any atom is 0.303 e. The van der Waals surface area contributed by atoms with Crippen molar-refractivity contribution in [3.8, 4) is 0 Å². The first kappa shape index (κ1) is 17.0. The lowest BCUT2D eigenvalue weighted by Crippen LogP contribution is -2.47. The first-order chi connectivity index (χ1) is 9.19. The molecule has 0 bridgehead atoms. The summed E-state index contributed by atoms with van der Waals surface area (Å²) in [5.41, 5.74) is -0.492. The largest absolute Gasteiger partial charge is 0.481 e. The number of aliphatic carboxylic acids is 1. The molecule has 0 atom stereocenters. The van der Waals surface area contributed by atoms with Gasteiger partial charge in [0, 0.05) is 31.6 Å². The Morgan fingerprint density at radius 1 is 1.25 bits per heavy atom. The first-order valence-electron chi connectivity index (χ1n) is 7.45. The summed E-state index contributed by atoms with van der Waals surface area (Å²) >= 11 is 0. The summed E-state index contributed by atoms with van der Waals surface area (Å²) in [6.45, 7) is 10.0. The van der Waals surface area contributed by atoms with Crippen molar-refractivity contribution < 1.29 is 14.7 Å². The third kappa shape index (κ3) is 5.90. The third-order valence-corrected chi connectivity index (χ3v) is 3.89. The molecule has 0 aromatic carbocycles. The van der Waals surface area contributed by atoms with Crippen LogP contribution in [0.4, 0.5) is 0 Å². The Morgan fingerprint density at radius 3 is 2.25 bits per heavy atom. The summed E-state index contributed by atoms with van der Waals surface area (Å²) in [5, 5.41) is 11.9. The van der Waals surface area contributed by atoms with E-state index in [1.54, 1.807) is 0 Å². The number of piperidine rings is 1. The normalized spacial score (nSPS) is 18.2. The van der Waals surface area contributed by atoms with Crippen LogP contribution in [0.15, 0.2) is 0 Å². The lowest BCUT2D eigenvalue weighted by Gasteiger charge is -2.35. The molecule has 5 nitrogen and oxygen atoms in total. The Kier molecular flexibility index (Phi) is 5.99. The van der Waals surface area contributed by atoms with Gasteiger partial charge in [-0.2, -0.15) is 0 Å². The molecule has 1 aliphatic heterocycles. The highest BCUT2D eigenvalue weighted by Gasteiger charge is 2.27. The predicted octanol–water partition coefficient (Wildman–Crippen LogP) is 1.87. The molecule has 20 heavy (non-hydrogen) atoms. The van der Waals surface area contributed by atoms with Crippen LogP contribution in [0.3, 0.4) is 0 Å². The summed E-state index contributed by atoms with van der Waals surface area (Å²) < 4.78 is 0. The zero-order chi connectivity index (χ0) is 15.3. The van der Waals surface area contributed by atoms with E-state index in [0.717, 1.165) is 25.9 Å². The Labute approximate surface area is 121 Å². The number of nitrogens with zero attached hydrogens (tertiary/aromatic N) is 1. The van der Waals surface area contributed by atoms with Crippen LogP contribution in [0.1, 0.15) is 53.4 Å². The highest BCUT2D eigenvalue weighted by molar-refractivity contribution is 5.78. The quantitative estimate of drug-likeness (QED) is 0.781. The second-order valence-electron chi connectivity index (χ2n) is 6.88. The Morgan fingerprint density at radius 2 is 1.80 bits per heavy atom. The monoisotopic (exact) mass is 284 g/mol. The molecule has 1 heterocycles. The van der Waals surface area contributed by atoms with Crippen molar-refractivity contribution in [3.63, 3.8) is 0 Å².